The fraction of sp³-hybridized carbons (Fsp3) is 0.278. The molecule has 0 radical (unpaired) electrons. The molecule has 7 heteroatoms. The van der Waals surface area contributed by atoms with Crippen molar-refractivity contribution in [2.24, 2.45) is 0 Å². The van der Waals surface area contributed by atoms with Gasteiger partial charge in [0.1, 0.15) is 28.9 Å². The molecule has 0 spiro atoms. The average Bonchev–Trinajstić information content (AvgIpc) is 2.99. The molecule has 2 aromatic rings. The first kappa shape index (κ1) is 16.8. The molecule has 1 unspecified atom stereocenters. The number of imide groups is 1. The van der Waals surface area contributed by atoms with E-state index in [1.807, 2.05) is 6.92 Å². The molecule has 7 nitrogen and oxygen atoms in total. The molecular weight excluding hydrogens is 324 g/mol. The summed E-state index contributed by atoms with van der Waals surface area (Å²) in [6.07, 6.45) is 0.366. The molecule has 0 bridgehead atoms. The number of carbonyl (C=O) groups excluding carboxylic acids is 3. The van der Waals surface area contributed by atoms with Crippen molar-refractivity contribution in [3.8, 4) is 5.75 Å². The smallest absolute Gasteiger partial charge is 0.347 e. The Bertz CT molecular complexity index is 851. The van der Waals surface area contributed by atoms with Gasteiger partial charge in [-0.25, -0.2) is 9.59 Å². The monoisotopic (exact) mass is 342 g/mol. The molecule has 0 saturated carbocycles. The van der Waals surface area contributed by atoms with Crippen LogP contribution in [0.25, 0.3) is 0 Å². The molecule has 1 fully saturated rings. The van der Waals surface area contributed by atoms with Gasteiger partial charge in [0.15, 0.2) is 0 Å². The molecule has 130 valence electrons. The standard InChI is InChI=1S/C18H18N2O5/c1-9-10(2)24-11(3)15(9)17(22)25-13-6-4-12(5-7-13)8-14-16(21)20-18(23)19-14/h4-7,14H,8H2,1-3H3,(H2,19,20,21,23). The van der Waals surface area contributed by atoms with Gasteiger partial charge in [0.05, 0.1) is 0 Å². The number of urea groups is 1. The van der Waals surface area contributed by atoms with E-state index in [0.717, 1.165) is 11.1 Å². The van der Waals surface area contributed by atoms with Crippen LogP contribution in [-0.2, 0) is 11.2 Å². The molecule has 1 saturated heterocycles. The molecule has 1 aromatic heterocycles. The van der Waals surface area contributed by atoms with Crippen molar-refractivity contribution in [1.82, 2.24) is 10.6 Å². The summed E-state index contributed by atoms with van der Waals surface area (Å²) in [4.78, 5) is 35.0. The van der Waals surface area contributed by atoms with Crippen LogP contribution in [0.4, 0.5) is 4.79 Å². The van der Waals surface area contributed by atoms with E-state index >= 15 is 0 Å². The van der Waals surface area contributed by atoms with Gasteiger partial charge >= 0.3 is 12.0 Å². The normalized spacial score (nSPS) is 16.5. The van der Waals surface area contributed by atoms with E-state index in [2.05, 4.69) is 10.6 Å². The van der Waals surface area contributed by atoms with Crippen molar-refractivity contribution in [2.75, 3.05) is 0 Å². The van der Waals surface area contributed by atoms with Crippen LogP contribution in [0.15, 0.2) is 28.7 Å². The van der Waals surface area contributed by atoms with Crippen LogP contribution >= 0.6 is 0 Å². The van der Waals surface area contributed by atoms with Crippen molar-refractivity contribution in [3.63, 3.8) is 0 Å². The number of amides is 3. The number of benzene rings is 1. The Hall–Kier alpha value is -3.09. The first-order valence-electron chi connectivity index (χ1n) is 7.84. The molecule has 2 heterocycles. The van der Waals surface area contributed by atoms with Crippen molar-refractivity contribution in [1.29, 1.82) is 0 Å². The van der Waals surface area contributed by atoms with E-state index in [1.54, 1.807) is 38.1 Å². The van der Waals surface area contributed by atoms with Gasteiger partial charge in [0, 0.05) is 12.0 Å². The first-order chi connectivity index (χ1) is 11.8. The summed E-state index contributed by atoms with van der Waals surface area (Å²) in [5.41, 5.74) is 2.04. The molecule has 3 amide bonds. The van der Waals surface area contributed by atoms with Crippen LogP contribution < -0.4 is 15.4 Å². The van der Waals surface area contributed by atoms with E-state index in [4.69, 9.17) is 9.15 Å². The molecular formula is C18H18N2O5. The van der Waals surface area contributed by atoms with Crippen molar-refractivity contribution in [3.05, 3.63) is 52.5 Å². The number of hydrogen-bond donors (Lipinski definition) is 2. The number of hydrogen-bond acceptors (Lipinski definition) is 5. The molecule has 1 aromatic carbocycles. The quantitative estimate of drug-likeness (QED) is 0.504. The summed E-state index contributed by atoms with van der Waals surface area (Å²) < 4.78 is 10.8. The lowest BCUT2D eigenvalue weighted by atomic mass is 10.1. The van der Waals surface area contributed by atoms with Crippen LogP contribution in [0, 0.1) is 20.8 Å². The summed E-state index contributed by atoms with van der Waals surface area (Å²) in [6.45, 7) is 5.33. The molecule has 1 atom stereocenters. The Kier molecular flexibility index (Phi) is 4.31. The fourth-order valence-corrected chi connectivity index (χ4v) is 2.78. The van der Waals surface area contributed by atoms with Crippen LogP contribution in [0.1, 0.15) is 33.0 Å². The lowest BCUT2D eigenvalue weighted by Gasteiger charge is -2.08. The van der Waals surface area contributed by atoms with E-state index < -0.39 is 18.0 Å². The molecule has 3 rings (SSSR count). The fourth-order valence-electron chi connectivity index (χ4n) is 2.78. The largest absolute Gasteiger partial charge is 0.465 e. The molecule has 25 heavy (non-hydrogen) atoms. The lowest BCUT2D eigenvalue weighted by Crippen LogP contribution is -2.31. The third kappa shape index (κ3) is 3.40. The number of carbonyl (C=O) groups is 3. The van der Waals surface area contributed by atoms with E-state index in [1.165, 1.54) is 0 Å². The first-order valence-corrected chi connectivity index (χ1v) is 7.84. The summed E-state index contributed by atoms with van der Waals surface area (Å²) >= 11 is 0. The highest BCUT2D eigenvalue weighted by atomic mass is 16.5. The zero-order valence-electron chi connectivity index (χ0n) is 14.1. The topological polar surface area (TPSA) is 97.6 Å². The zero-order chi connectivity index (χ0) is 18.1. The molecule has 2 N–H and O–H groups in total. The number of rotatable bonds is 4. The Labute approximate surface area is 144 Å². The van der Waals surface area contributed by atoms with Crippen molar-refractivity contribution >= 4 is 17.9 Å². The van der Waals surface area contributed by atoms with Gasteiger partial charge in [-0.3, -0.25) is 10.1 Å². The summed E-state index contributed by atoms with van der Waals surface area (Å²) in [5.74, 6) is 0.798. The summed E-state index contributed by atoms with van der Waals surface area (Å²) in [7, 11) is 0. The lowest BCUT2D eigenvalue weighted by molar-refractivity contribution is -0.120. The summed E-state index contributed by atoms with van der Waals surface area (Å²) in [5, 5.41) is 4.73. The Morgan fingerprint density at radius 1 is 1.12 bits per heavy atom. The highest BCUT2D eigenvalue weighted by molar-refractivity contribution is 6.04. The van der Waals surface area contributed by atoms with Gasteiger partial charge < -0.3 is 14.5 Å². The van der Waals surface area contributed by atoms with E-state index in [0.29, 0.717) is 29.3 Å². The number of ether oxygens (including phenoxy) is 1. The van der Waals surface area contributed by atoms with Gasteiger partial charge in [-0.05, 0) is 38.5 Å². The van der Waals surface area contributed by atoms with E-state index in [9.17, 15) is 14.4 Å². The van der Waals surface area contributed by atoms with Crippen LogP contribution in [-0.4, -0.2) is 23.9 Å². The number of furan rings is 1. The van der Waals surface area contributed by atoms with Crippen LogP contribution in [0.5, 0.6) is 5.75 Å². The van der Waals surface area contributed by atoms with Gasteiger partial charge in [0.2, 0.25) is 0 Å². The average molecular weight is 342 g/mol. The predicted octanol–water partition coefficient (Wildman–Crippen LogP) is 2.17. The maximum Gasteiger partial charge on any atom is 0.347 e. The van der Waals surface area contributed by atoms with Gasteiger partial charge in [-0.1, -0.05) is 12.1 Å². The number of aryl methyl sites for hydroxylation is 2. The number of nitrogens with one attached hydrogen (secondary N) is 2. The van der Waals surface area contributed by atoms with Crippen LogP contribution in [0.3, 0.4) is 0 Å². The molecule has 1 aliphatic heterocycles. The zero-order valence-corrected chi connectivity index (χ0v) is 14.1. The minimum Gasteiger partial charge on any atom is -0.465 e. The second kappa shape index (κ2) is 6.43. The number of esters is 1. The second-order valence-corrected chi connectivity index (χ2v) is 5.97. The highest BCUT2D eigenvalue weighted by Gasteiger charge is 2.29. The van der Waals surface area contributed by atoms with Gasteiger partial charge in [-0.2, -0.15) is 0 Å². The Morgan fingerprint density at radius 3 is 2.32 bits per heavy atom. The molecule has 0 aliphatic carbocycles. The predicted molar refractivity (Wildman–Crippen MR) is 88.5 cm³/mol. The SMILES string of the molecule is Cc1oc(C)c(C(=O)Oc2ccc(CC3NC(=O)NC3=O)cc2)c1C. The third-order valence-corrected chi connectivity index (χ3v) is 4.20. The molecule has 1 aliphatic rings. The van der Waals surface area contributed by atoms with Crippen LogP contribution in [0.2, 0.25) is 0 Å². The van der Waals surface area contributed by atoms with E-state index in [-0.39, 0.29) is 5.91 Å². The maximum absolute atomic E-state index is 12.3. The Morgan fingerprint density at radius 2 is 1.80 bits per heavy atom. The second-order valence-electron chi connectivity index (χ2n) is 5.97. The minimum absolute atomic E-state index is 0.346. The summed E-state index contributed by atoms with van der Waals surface area (Å²) in [6, 6.07) is 5.74. The maximum atomic E-state index is 12.3. The Balaban J connectivity index is 1.67. The third-order valence-electron chi connectivity index (χ3n) is 4.20. The van der Waals surface area contributed by atoms with Gasteiger partial charge in [-0.15, -0.1) is 0 Å². The van der Waals surface area contributed by atoms with Crippen molar-refractivity contribution in [2.45, 2.75) is 33.2 Å². The minimum atomic E-state index is -0.583. The van der Waals surface area contributed by atoms with Crippen molar-refractivity contribution < 1.29 is 23.5 Å². The highest BCUT2D eigenvalue weighted by Crippen LogP contribution is 2.23. The van der Waals surface area contributed by atoms with Gasteiger partial charge in [0.25, 0.3) is 5.91 Å².